The molecule has 2 radical (unpaired) electrons. The van der Waals surface area contributed by atoms with Crippen molar-refractivity contribution in [2.45, 2.75) is 76.4 Å². The van der Waals surface area contributed by atoms with Gasteiger partial charge in [-0.1, -0.05) is 59.6 Å². The van der Waals surface area contributed by atoms with Gasteiger partial charge in [-0.2, -0.15) is 20.4 Å². The third kappa shape index (κ3) is 17.1. The SMILES string of the molecule is CC1(COCc2ccn(-c3ccc(C(=O)O)c(Cl)n3)n2)CC1.Cc1c(S(=O)(=O)Cl)cnn1C.Cc1c(S(=O)(=O)NC(=O)c2ccc(-n3ccc(COCC4(C)CC4)n3)nc2Cl)cnn1C.N.[2H]CI.[2H][B].[U]. The first-order valence-corrected chi connectivity index (χ1v) is 26.1. The Hall–Kier alpha value is -3.42. The number of alkyl halides is 1. The molecular formula is C41H53BCl3IN12O9S2U. The molecule has 2 aliphatic rings. The molecule has 21 nitrogen and oxygen atoms in total. The van der Waals surface area contributed by atoms with Crippen molar-refractivity contribution in [3.8, 4) is 11.6 Å². The largest absolute Gasteiger partial charge is 0.478 e. The number of hydrogen-bond donors (Lipinski definition) is 3. The average Bonchev–Trinajstić information content (AvgIpc) is 3.84. The Balaban J connectivity index is 0.000000384. The summed E-state index contributed by atoms with van der Waals surface area (Å²) in [6.07, 6.45) is 10.7. The number of aromatic carboxylic acids is 1. The normalized spacial score (nSPS) is 14.0. The van der Waals surface area contributed by atoms with Gasteiger partial charge in [0.2, 0.25) is 0 Å². The summed E-state index contributed by atoms with van der Waals surface area (Å²) in [7, 11) is 4.37. The van der Waals surface area contributed by atoms with Crippen LogP contribution in [-0.4, -0.2) is 111 Å². The predicted octanol–water partition coefficient (Wildman–Crippen LogP) is 6.55. The molecule has 0 saturated heterocycles. The van der Waals surface area contributed by atoms with Crippen molar-refractivity contribution < 1.29 is 73.5 Å². The fourth-order valence-corrected chi connectivity index (χ4v) is 8.53. The molecular weight excluding hydrogens is 1350 g/mol. The summed E-state index contributed by atoms with van der Waals surface area (Å²) in [4.78, 5) is 32.2. The predicted molar refractivity (Wildman–Crippen MR) is 269 cm³/mol. The fraction of sp³-hybridized carbons (Fsp3) is 0.415. The van der Waals surface area contributed by atoms with Crippen LogP contribution in [0.25, 0.3) is 11.6 Å². The van der Waals surface area contributed by atoms with E-state index in [1.54, 1.807) is 51.1 Å². The van der Waals surface area contributed by atoms with E-state index >= 15 is 0 Å². The van der Waals surface area contributed by atoms with E-state index in [4.69, 9.17) is 51.2 Å². The Morgan fingerprint density at radius 2 is 1.20 bits per heavy atom. The van der Waals surface area contributed by atoms with Crippen molar-refractivity contribution in [1.82, 2.24) is 60.0 Å². The Bertz CT molecular complexity index is 3000. The zero-order valence-electron chi connectivity index (χ0n) is 40.9. The van der Waals surface area contributed by atoms with E-state index in [1.807, 2.05) is 39.4 Å². The van der Waals surface area contributed by atoms with E-state index in [0.29, 0.717) is 58.6 Å². The molecule has 2 aliphatic carbocycles. The molecule has 0 unspecified atom stereocenters. The van der Waals surface area contributed by atoms with Gasteiger partial charge in [0.05, 0.1) is 72.7 Å². The van der Waals surface area contributed by atoms with E-state index in [9.17, 15) is 26.4 Å². The maximum atomic E-state index is 12.5. The van der Waals surface area contributed by atoms with E-state index < -0.39 is 31.0 Å². The second kappa shape index (κ2) is 26.5. The molecule has 2 fully saturated rings. The fourth-order valence-electron chi connectivity index (χ4n) is 5.78. The molecule has 0 atom stereocenters. The van der Waals surface area contributed by atoms with Gasteiger partial charge in [0.15, 0.2) is 11.6 Å². The first-order chi connectivity index (χ1) is 32.9. The standard InChI is InChI=1S/C20H23ClN6O4S.C15H16ClN3O3.C5H7ClN2O2S.CH3I.BH.H3N.U/c1-13-16(10-22-26(13)3)32(29,30)25-19(28)15-4-5-17(23-18(15)21)27-9-6-14(24-27)11-31-12-20(2)7-8-20;1-15(5-6-15)9-22-8-10-4-7-19(18-10)12-3-2-11(14(20)21)13(16)17-12;1-4-5(11(6,9)10)3-7-8(4)2;1-2;;;/h4-6,9-10H,7-8,11-12H2,1-3H3,(H,25,28);2-4,7H,5-6,8-9H2,1H3,(H,20,21);3H,1-2H3;1H3;1H;1H3;/i;;;2*1D;;. The number of carbonyl (C=O) groups is 2. The number of ether oxygens (including phenoxy) is 2. The zero-order chi connectivity index (χ0) is 52.2. The number of nitrogens with zero attached hydrogens (tertiary/aromatic N) is 10. The number of hydrogen-bond acceptors (Lipinski definition) is 15. The molecule has 0 spiro atoms. The summed E-state index contributed by atoms with van der Waals surface area (Å²) in [5, 5.41) is 25.1. The van der Waals surface area contributed by atoms with Crippen LogP contribution in [0.2, 0.25) is 10.3 Å². The number of rotatable bonds is 15. The quantitative estimate of drug-likeness (QED) is 0.0323. The van der Waals surface area contributed by atoms with Crippen LogP contribution in [0, 0.1) is 55.8 Å². The first kappa shape index (κ1) is 59.1. The van der Waals surface area contributed by atoms with Gasteiger partial charge in [-0.25, -0.2) is 45.7 Å². The van der Waals surface area contributed by atoms with Gasteiger partial charge >= 0.3 is 5.97 Å². The van der Waals surface area contributed by atoms with Gasteiger partial charge in [0.25, 0.3) is 25.0 Å². The van der Waals surface area contributed by atoms with Crippen molar-refractivity contribution in [3.05, 3.63) is 105 Å². The Kier molecular flexibility index (Phi) is 22.4. The van der Waals surface area contributed by atoms with Crippen molar-refractivity contribution in [1.29, 1.82) is 1.34 Å². The van der Waals surface area contributed by atoms with Crippen molar-refractivity contribution in [2.24, 2.45) is 24.9 Å². The Morgan fingerprint density at radius 1 is 0.800 bits per heavy atom. The molecule has 29 heteroatoms. The second-order valence-electron chi connectivity index (χ2n) is 16.2. The minimum absolute atomic E-state index is 0. The topological polar surface area (TPSA) is 285 Å². The van der Waals surface area contributed by atoms with Gasteiger partial charge < -0.3 is 20.7 Å². The molecule has 378 valence electrons. The van der Waals surface area contributed by atoms with E-state index in [-0.39, 0.29) is 68.5 Å². The molecule has 8 rings (SSSR count). The number of aryl methyl sites for hydroxylation is 2. The molecule has 6 aromatic heterocycles. The average molecular weight is 1410 g/mol. The van der Waals surface area contributed by atoms with Crippen LogP contribution in [0.1, 0.15) is 84.4 Å². The summed E-state index contributed by atoms with van der Waals surface area (Å²) >= 11 is 14.0. The minimum atomic E-state index is -4.11. The summed E-state index contributed by atoms with van der Waals surface area (Å²) in [6.45, 7) is 9.92. The van der Waals surface area contributed by atoms with Crippen molar-refractivity contribution >= 4 is 95.8 Å². The van der Waals surface area contributed by atoms with Crippen LogP contribution in [-0.2, 0) is 55.9 Å². The van der Waals surface area contributed by atoms with Crippen LogP contribution in [0.3, 0.4) is 0 Å². The summed E-state index contributed by atoms with van der Waals surface area (Å²) in [6, 6.07) is 9.57. The number of pyridine rings is 2. The number of carboxylic acids is 1. The maximum absolute atomic E-state index is 12.5. The molecule has 5 N–H and O–H groups in total. The molecule has 0 aromatic carbocycles. The monoisotopic (exact) mass is 1400 g/mol. The van der Waals surface area contributed by atoms with Gasteiger partial charge in [0, 0.05) is 78.0 Å². The zero-order valence-corrected chi connectivity index (χ0v) is 49.2. The number of amides is 1. The van der Waals surface area contributed by atoms with Gasteiger partial charge in [-0.3, -0.25) is 14.2 Å². The van der Waals surface area contributed by atoms with Crippen LogP contribution < -0.4 is 10.9 Å². The van der Waals surface area contributed by atoms with Crippen molar-refractivity contribution in [3.63, 3.8) is 0 Å². The van der Waals surface area contributed by atoms with Crippen LogP contribution in [0.4, 0.5) is 0 Å². The second-order valence-corrected chi connectivity index (χ2v) is 21.1. The molecule has 70 heavy (non-hydrogen) atoms. The van der Waals surface area contributed by atoms with Gasteiger partial charge in [0.1, 0.15) is 20.1 Å². The summed E-state index contributed by atoms with van der Waals surface area (Å²) < 4.78 is 77.4. The summed E-state index contributed by atoms with van der Waals surface area (Å²) in [5.41, 5.74) is 3.03. The molecule has 1 amide bonds. The maximum Gasteiger partial charge on any atom is 0.338 e. The van der Waals surface area contributed by atoms with Crippen LogP contribution in [0.5, 0.6) is 0 Å². The molecule has 6 aromatic rings. The number of aromatic nitrogens is 10. The Morgan fingerprint density at radius 3 is 1.53 bits per heavy atom. The number of sulfonamides is 1. The molecule has 2 saturated carbocycles. The summed E-state index contributed by atoms with van der Waals surface area (Å²) in [5.74, 6) is -1.14. The number of halogens is 4. The van der Waals surface area contributed by atoms with Gasteiger partial charge in [-0.05, 0) is 93.0 Å². The van der Waals surface area contributed by atoms with E-state index in [1.165, 1.54) is 70.3 Å². The Labute approximate surface area is 463 Å². The number of nitrogens with one attached hydrogen (secondary N) is 1. The van der Waals surface area contributed by atoms with Gasteiger partial charge in [-0.15, -0.1) is 0 Å². The first-order valence-electron chi connectivity index (χ1n) is 21.3. The molecule has 0 aliphatic heterocycles. The third-order valence-electron chi connectivity index (χ3n) is 10.7. The molecule has 0 bridgehead atoms. The molecule has 6 heterocycles. The smallest absolute Gasteiger partial charge is 0.338 e. The number of carboxylic acid groups (broad SMARTS) is 1. The third-order valence-corrected chi connectivity index (χ3v) is 14.1. The van der Waals surface area contributed by atoms with Crippen LogP contribution >= 0.6 is 56.5 Å². The number of carbonyl (C=O) groups excluding carboxylic acids is 1. The van der Waals surface area contributed by atoms with E-state index in [0.717, 1.165) is 18.0 Å². The van der Waals surface area contributed by atoms with E-state index in [2.05, 4.69) is 52.6 Å². The van der Waals surface area contributed by atoms with Crippen LogP contribution in [0.15, 0.2) is 71.0 Å². The van der Waals surface area contributed by atoms with Crippen molar-refractivity contribution in [2.75, 3.05) is 18.1 Å². The minimum Gasteiger partial charge on any atom is -0.478 e.